The molecule has 2 aliphatic heterocycles. The van der Waals surface area contributed by atoms with Crippen molar-refractivity contribution in [2.24, 2.45) is 5.92 Å². The van der Waals surface area contributed by atoms with Gasteiger partial charge in [-0.05, 0) is 25.7 Å². The molecular formula is C17H26N4O5S. The van der Waals surface area contributed by atoms with Gasteiger partial charge in [-0.3, -0.25) is 4.79 Å². The van der Waals surface area contributed by atoms with Crippen LogP contribution in [0.15, 0.2) is 12.4 Å². The highest BCUT2D eigenvalue weighted by atomic mass is 32.2. The van der Waals surface area contributed by atoms with Crippen LogP contribution in [0, 0.1) is 5.92 Å². The summed E-state index contributed by atoms with van der Waals surface area (Å²) in [5.41, 5.74) is 0. The highest BCUT2D eigenvalue weighted by molar-refractivity contribution is 7.88. The number of amides is 1. The van der Waals surface area contributed by atoms with Gasteiger partial charge in [0.1, 0.15) is 6.10 Å². The Kier molecular flexibility index (Phi) is 6.15. The topological polar surface area (TPSA) is 102 Å². The molecule has 1 amide bonds. The van der Waals surface area contributed by atoms with Crippen LogP contribution in [0.25, 0.3) is 0 Å². The first-order chi connectivity index (χ1) is 12.9. The second kappa shape index (κ2) is 8.39. The Labute approximate surface area is 159 Å². The summed E-state index contributed by atoms with van der Waals surface area (Å²) in [5, 5.41) is 0. The van der Waals surface area contributed by atoms with Crippen molar-refractivity contribution in [1.29, 1.82) is 0 Å². The number of likely N-dealkylation sites (tertiary alicyclic amines) is 1. The largest absolute Gasteiger partial charge is 0.477 e. The normalized spacial score (nSPS) is 22.4. The Bertz CT molecular complexity index is 764. The molecule has 0 N–H and O–H groups in total. The van der Waals surface area contributed by atoms with E-state index in [1.54, 1.807) is 6.20 Å². The van der Waals surface area contributed by atoms with Gasteiger partial charge in [0, 0.05) is 37.9 Å². The molecule has 0 bridgehead atoms. The summed E-state index contributed by atoms with van der Waals surface area (Å²) in [6.45, 7) is 1.99. The fourth-order valence-corrected chi connectivity index (χ4v) is 4.49. The van der Waals surface area contributed by atoms with E-state index in [1.165, 1.54) is 23.9 Å². The number of piperidine rings is 2. The summed E-state index contributed by atoms with van der Waals surface area (Å²) >= 11 is 0. The van der Waals surface area contributed by atoms with Gasteiger partial charge in [-0.25, -0.2) is 22.7 Å². The van der Waals surface area contributed by atoms with Gasteiger partial charge in [-0.15, -0.1) is 0 Å². The molecule has 3 rings (SSSR count). The van der Waals surface area contributed by atoms with E-state index in [-0.39, 0.29) is 17.9 Å². The molecule has 2 saturated heterocycles. The van der Waals surface area contributed by atoms with Gasteiger partial charge in [0.2, 0.25) is 15.9 Å². The van der Waals surface area contributed by atoms with Crippen molar-refractivity contribution in [2.45, 2.75) is 31.8 Å². The van der Waals surface area contributed by atoms with E-state index in [2.05, 4.69) is 9.97 Å². The number of hydrogen-bond donors (Lipinski definition) is 0. The smallest absolute Gasteiger partial charge is 0.278 e. The molecule has 0 saturated carbocycles. The minimum absolute atomic E-state index is 0.0857. The van der Waals surface area contributed by atoms with Gasteiger partial charge in [0.15, 0.2) is 0 Å². The lowest BCUT2D eigenvalue weighted by Gasteiger charge is -2.37. The summed E-state index contributed by atoms with van der Waals surface area (Å²) in [6.07, 6.45) is 6.92. The third-order valence-electron chi connectivity index (χ3n) is 5.07. The molecule has 2 fully saturated rings. The van der Waals surface area contributed by atoms with Gasteiger partial charge in [-0.2, -0.15) is 0 Å². The molecule has 1 atom stereocenters. The number of methoxy groups -OCH3 is 1. The number of ether oxygens (including phenoxy) is 2. The summed E-state index contributed by atoms with van der Waals surface area (Å²) in [4.78, 5) is 22.9. The fourth-order valence-electron chi connectivity index (χ4n) is 3.62. The molecular weight excluding hydrogens is 372 g/mol. The van der Waals surface area contributed by atoms with Crippen LogP contribution < -0.4 is 9.47 Å². The van der Waals surface area contributed by atoms with Crippen LogP contribution in [0.3, 0.4) is 0 Å². The molecule has 2 aliphatic rings. The molecule has 27 heavy (non-hydrogen) atoms. The Morgan fingerprint density at radius 1 is 1.11 bits per heavy atom. The van der Waals surface area contributed by atoms with E-state index in [0.29, 0.717) is 50.8 Å². The van der Waals surface area contributed by atoms with Crippen LogP contribution in [0.1, 0.15) is 25.7 Å². The van der Waals surface area contributed by atoms with Gasteiger partial charge in [0.05, 0.1) is 19.9 Å². The van der Waals surface area contributed by atoms with Crippen LogP contribution >= 0.6 is 0 Å². The zero-order valence-electron chi connectivity index (χ0n) is 15.7. The zero-order valence-corrected chi connectivity index (χ0v) is 16.5. The van der Waals surface area contributed by atoms with Crippen molar-refractivity contribution < 1.29 is 22.7 Å². The van der Waals surface area contributed by atoms with Crippen LogP contribution in [0.4, 0.5) is 0 Å². The van der Waals surface area contributed by atoms with Gasteiger partial charge >= 0.3 is 0 Å². The molecule has 10 heteroatoms. The van der Waals surface area contributed by atoms with Crippen LogP contribution in [-0.2, 0) is 14.8 Å². The number of rotatable bonds is 5. The van der Waals surface area contributed by atoms with E-state index in [4.69, 9.17) is 9.47 Å². The first-order valence-electron chi connectivity index (χ1n) is 9.14. The highest BCUT2D eigenvalue weighted by Gasteiger charge is 2.34. The lowest BCUT2D eigenvalue weighted by atomic mass is 9.95. The minimum atomic E-state index is -3.19. The van der Waals surface area contributed by atoms with E-state index in [0.717, 1.165) is 12.8 Å². The SMILES string of the molecule is COc1nccnc1OC1CCCN(C(=O)C2CCN(S(C)(=O)=O)CC2)C1. The quantitative estimate of drug-likeness (QED) is 0.713. The monoisotopic (exact) mass is 398 g/mol. The van der Waals surface area contributed by atoms with Crippen molar-refractivity contribution in [3.8, 4) is 11.8 Å². The molecule has 150 valence electrons. The Balaban J connectivity index is 1.57. The van der Waals surface area contributed by atoms with Gasteiger partial charge in [0.25, 0.3) is 11.8 Å². The summed E-state index contributed by atoms with van der Waals surface area (Å²) in [6, 6.07) is 0. The first-order valence-corrected chi connectivity index (χ1v) is 11.0. The van der Waals surface area contributed by atoms with E-state index in [1.807, 2.05) is 4.90 Å². The maximum absolute atomic E-state index is 12.9. The first kappa shape index (κ1) is 19.8. The van der Waals surface area contributed by atoms with Crippen molar-refractivity contribution >= 4 is 15.9 Å². The van der Waals surface area contributed by atoms with Gasteiger partial charge in [-0.1, -0.05) is 0 Å². The molecule has 0 spiro atoms. The van der Waals surface area contributed by atoms with Crippen molar-refractivity contribution in [3.63, 3.8) is 0 Å². The number of aromatic nitrogens is 2. The second-order valence-electron chi connectivity index (χ2n) is 6.97. The number of carbonyl (C=O) groups excluding carboxylic acids is 1. The molecule has 1 aromatic rings. The average Bonchev–Trinajstić information content (AvgIpc) is 2.67. The third kappa shape index (κ3) is 4.86. The molecule has 0 radical (unpaired) electrons. The summed E-state index contributed by atoms with van der Waals surface area (Å²) in [5.74, 6) is 0.616. The number of hydrogen-bond acceptors (Lipinski definition) is 7. The maximum atomic E-state index is 12.9. The Hall–Kier alpha value is -1.94. The molecule has 1 unspecified atom stereocenters. The lowest BCUT2D eigenvalue weighted by molar-refractivity contribution is -0.139. The van der Waals surface area contributed by atoms with E-state index < -0.39 is 10.0 Å². The lowest BCUT2D eigenvalue weighted by Crippen LogP contribution is -2.49. The molecule has 3 heterocycles. The third-order valence-corrected chi connectivity index (χ3v) is 6.37. The standard InChI is InChI=1S/C17H26N4O5S/c1-25-15-16(19-8-7-18-15)26-14-4-3-9-20(12-14)17(22)13-5-10-21(11-6-13)27(2,23)24/h7-8,13-14H,3-6,9-12H2,1-2H3. The molecule has 0 aromatic carbocycles. The number of nitrogens with zero attached hydrogens (tertiary/aromatic N) is 4. The molecule has 0 aliphatic carbocycles. The van der Waals surface area contributed by atoms with Gasteiger partial charge < -0.3 is 14.4 Å². The zero-order chi connectivity index (χ0) is 19.4. The van der Waals surface area contributed by atoms with Crippen LogP contribution in [0.2, 0.25) is 0 Å². The number of carbonyl (C=O) groups is 1. The second-order valence-corrected chi connectivity index (χ2v) is 8.96. The maximum Gasteiger partial charge on any atom is 0.278 e. The van der Waals surface area contributed by atoms with Crippen molar-refractivity contribution in [3.05, 3.63) is 12.4 Å². The number of sulfonamides is 1. The average molecular weight is 398 g/mol. The Morgan fingerprint density at radius 2 is 1.78 bits per heavy atom. The fraction of sp³-hybridized carbons (Fsp3) is 0.706. The predicted octanol–water partition coefficient (Wildman–Crippen LogP) is 0.527. The van der Waals surface area contributed by atoms with Crippen molar-refractivity contribution in [2.75, 3.05) is 39.5 Å². The van der Waals surface area contributed by atoms with Crippen LogP contribution in [-0.4, -0.2) is 79.1 Å². The molecule has 9 nitrogen and oxygen atoms in total. The summed E-state index contributed by atoms with van der Waals surface area (Å²) in [7, 11) is -1.68. The Morgan fingerprint density at radius 3 is 2.41 bits per heavy atom. The van der Waals surface area contributed by atoms with Crippen LogP contribution in [0.5, 0.6) is 11.8 Å². The molecule has 1 aromatic heterocycles. The van der Waals surface area contributed by atoms with E-state index >= 15 is 0 Å². The minimum Gasteiger partial charge on any atom is -0.477 e. The van der Waals surface area contributed by atoms with E-state index in [9.17, 15) is 13.2 Å². The highest BCUT2D eigenvalue weighted by Crippen LogP contribution is 2.26. The van der Waals surface area contributed by atoms with Crippen molar-refractivity contribution in [1.82, 2.24) is 19.2 Å². The predicted molar refractivity (Wildman–Crippen MR) is 98.0 cm³/mol. The summed E-state index contributed by atoms with van der Waals surface area (Å²) < 4.78 is 35.8.